The van der Waals surface area contributed by atoms with Crippen LogP contribution in [0.2, 0.25) is 0 Å². The fourth-order valence-corrected chi connectivity index (χ4v) is 3.95. The summed E-state index contributed by atoms with van der Waals surface area (Å²) in [6, 6.07) is 8.79. The highest BCUT2D eigenvalue weighted by Crippen LogP contribution is 2.51. The van der Waals surface area contributed by atoms with Gasteiger partial charge in [-0.25, -0.2) is 4.79 Å². The molecule has 4 rings (SSSR count). The van der Waals surface area contributed by atoms with E-state index in [0.29, 0.717) is 17.7 Å². The normalized spacial score (nSPS) is 22.0. The average Bonchev–Trinajstić information content (AvgIpc) is 3.38. The maximum atomic E-state index is 13.0. The van der Waals surface area contributed by atoms with E-state index in [1.54, 1.807) is 18.3 Å². The molecule has 1 saturated carbocycles. The van der Waals surface area contributed by atoms with E-state index < -0.39 is 17.3 Å². The van der Waals surface area contributed by atoms with Gasteiger partial charge in [-0.2, -0.15) is 0 Å². The molecule has 2 aromatic rings. The van der Waals surface area contributed by atoms with Crippen LogP contribution in [0.3, 0.4) is 0 Å². The summed E-state index contributed by atoms with van der Waals surface area (Å²) in [6.45, 7) is 5.36. The number of carbonyl (C=O) groups is 2. The molecule has 0 unspecified atom stereocenters. The maximum Gasteiger partial charge on any atom is 0.411 e. The molecule has 1 aliphatic heterocycles. The Morgan fingerprint density at radius 3 is 2.83 bits per heavy atom. The van der Waals surface area contributed by atoms with Gasteiger partial charge in [-0.05, 0) is 69.5 Å². The molecule has 1 aromatic heterocycles. The van der Waals surface area contributed by atoms with Crippen molar-refractivity contribution in [3.63, 3.8) is 0 Å². The summed E-state index contributed by atoms with van der Waals surface area (Å²) in [5.41, 5.74) is 6.97. The number of anilines is 1. The predicted molar refractivity (Wildman–Crippen MR) is 112 cm³/mol. The molecule has 1 amide bonds. The number of amides is 1. The van der Waals surface area contributed by atoms with E-state index in [1.807, 2.05) is 39.0 Å². The number of ketones is 1. The van der Waals surface area contributed by atoms with E-state index in [2.05, 4.69) is 4.98 Å². The lowest BCUT2D eigenvalue weighted by atomic mass is 9.99. The number of aryl methyl sites for hydroxylation is 1. The number of hydrogen-bond donors (Lipinski definition) is 1. The number of rotatable bonds is 4. The zero-order valence-corrected chi connectivity index (χ0v) is 17.6. The van der Waals surface area contributed by atoms with Crippen LogP contribution in [0.4, 0.5) is 10.5 Å². The summed E-state index contributed by atoms with van der Waals surface area (Å²) < 4.78 is 11.9. The number of benzene rings is 1. The number of nitrogen functional groups attached to an aromatic ring is 1. The molecule has 7 nitrogen and oxygen atoms in total. The minimum atomic E-state index is -0.660. The number of Topliss-reactive ketones (excluding diaryl/α,β-unsaturated/α-hetero) is 1. The summed E-state index contributed by atoms with van der Waals surface area (Å²) in [5, 5.41) is 0. The molecule has 1 aromatic carbocycles. The molecule has 2 atom stereocenters. The number of carbonyl (C=O) groups excluding carboxylic acids is 2. The number of aromatic nitrogens is 1. The second-order valence-electron chi connectivity index (χ2n) is 9.03. The highest BCUT2D eigenvalue weighted by molar-refractivity contribution is 5.98. The van der Waals surface area contributed by atoms with Gasteiger partial charge in [-0.1, -0.05) is 0 Å². The van der Waals surface area contributed by atoms with Crippen molar-refractivity contribution >= 4 is 17.6 Å². The number of fused-ring (bicyclic) bond motifs is 1. The van der Waals surface area contributed by atoms with Crippen molar-refractivity contribution in [3.8, 4) is 5.75 Å². The Morgan fingerprint density at radius 2 is 2.13 bits per heavy atom. The van der Waals surface area contributed by atoms with Gasteiger partial charge in [-0.15, -0.1) is 0 Å². The van der Waals surface area contributed by atoms with Crippen molar-refractivity contribution < 1.29 is 19.1 Å². The largest absolute Gasteiger partial charge is 0.485 e. The van der Waals surface area contributed by atoms with Crippen molar-refractivity contribution in [2.24, 2.45) is 0 Å². The first-order valence-corrected chi connectivity index (χ1v) is 10.2. The van der Waals surface area contributed by atoms with E-state index >= 15 is 0 Å². The molecule has 0 radical (unpaired) electrons. The Hall–Kier alpha value is -3.09. The monoisotopic (exact) mass is 409 g/mol. The topological polar surface area (TPSA) is 94.8 Å². The molecule has 1 fully saturated rings. The lowest BCUT2D eigenvalue weighted by Crippen LogP contribution is -2.45. The molecule has 30 heavy (non-hydrogen) atoms. The molecule has 7 heteroatoms. The van der Waals surface area contributed by atoms with E-state index in [4.69, 9.17) is 15.2 Å². The highest BCUT2D eigenvalue weighted by Gasteiger charge is 2.62. The van der Waals surface area contributed by atoms with Crippen molar-refractivity contribution in [2.75, 3.05) is 12.3 Å². The van der Waals surface area contributed by atoms with Crippen LogP contribution in [0.1, 0.15) is 49.5 Å². The van der Waals surface area contributed by atoms with Gasteiger partial charge in [0.05, 0.1) is 12.6 Å². The van der Waals surface area contributed by atoms with Crippen LogP contribution in [0.5, 0.6) is 5.75 Å². The van der Waals surface area contributed by atoms with Gasteiger partial charge in [0.25, 0.3) is 0 Å². The molecular weight excluding hydrogens is 382 g/mol. The minimum Gasteiger partial charge on any atom is -0.485 e. The summed E-state index contributed by atoms with van der Waals surface area (Å²) in [7, 11) is 0. The minimum absolute atomic E-state index is 0.0784. The van der Waals surface area contributed by atoms with Crippen molar-refractivity contribution in [3.05, 3.63) is 53.9 Å². The van der Waals surface area contributed by atoms with Crippen LogP contribution in [-0.4, -0.2) is 45.5 Å². The molecule has 0 saturated heterocycles. The first-order chi connectivity index (χ1) is 14.2. The van der Waals surface area contributed by atoms with E-state index in [0.717, 1.165) is 24.2 Å². The third kappa shape index (κ3) is 4.10. The van der Waals surface area contributed by atoms with Crippen molar-refractivity contribution in [1.29, 1.82) is 0 Å². The SMILES string of the molecule is CC(C)(C)OC(=O)N(CC(=O)c1cccnc1)[C@@H]1C[C@]12CCc1cc(N)ccc1O2. The van der Waals surface area contributed by atoms with Gasteiger partial charge in [0.1, 0.15) is 17.0 Å². The molecule has 1 spiro atoms. The second kappa shape index (κ2) is 7.31. The Kier molecular flexibility index (Phi) is 4.92. The molecular formula is C23H27N3O4. The first-order valence-electron chi connectivity index (χ1n) is 10.2. The molecule has 1 aliphatic carbocycles. The quantitative estimate of drug-likeness (QED) is 0.612. The van der Waals surface area contributed by atoms with Crippen LogP contribution in [0.15, 0.2) is 42.7 Å². The Morgan fingerprint density at radius 1 is 1.33 bits per heavy atom. The summed E-state index contributed by atoms with van der Waals surface area (Å²) >= 11 is 0. The zero-order valence-electron chi connectivity index (χ0n) is 17.6. The Bertz CT molecular complexity index is 970. The zero-order chi connectivity index (χ0) is 21.5. The van der Waals surface area contributed by atoms with E-state index in [1.165, 1.54) is 11.1 Å². The van der Waals surface area contributed by atoms with Gasteiger partial charge >= 0.3 is 6.09 Å². The van der Waals surface area contributed by atoms with Crippen LogP contribution >= 0.6 is 0 Å². The van der Waals surface area contributed by atoms with Gasteiger partial charge < -0.3 is 15.2 Å². The Balaban J connectivity index is 1.55. The van der Waals surface area contributed by atoms with Crippen LogP contribution in [-0.2, 0) is 11.2 Å². The molecule has 2 aliphatic rings. The molecule has 0 bridgehead atoms. The second-order valence-corrected chi connectivity index (χ2v) is 9.03. The predicted octanol–water partition coefficient (Wildman–Crippen LogP) is 3.62. The number of pyridine rings is 1. The molecule has 2 heterocycles. The fraction of sp³-hybridized carbons (Fsp3) is 0.435. The van der Waals surface area contributed by atoms with Crippen LogP contribution < -0.4 is 10.5 Å². The third-order valence-corrected chi connectivity index (χ3v) is 5.50. The third-order valence-electron chi connectivity index (χ3n) is 5.50. The molecule has 158 valence electrons. The van der Waals surface area contributed by atoms with Gasteiger partial charge in [-0.3, -0.25) is 14.7 Å². The first kappa shape index (κ1) is 20.2. The number of nitrogens with two attached hydrogens (primary N) is 1. The highest BCUT2D eigenvalue weighted by atomic mass is 16.6. The smallest absolute Gasteiger partial charge is 0.411 e. The maximum absolute atomic E-state index is 13.0. The summed E-state index contributed by atoms with van der Waals surface area (Å²) in [6.07, 6.45) is 4.85. The van der Waals surface area contributed by atoms with Gasteiger partial charge in [0.2, 0.25) is 0 Å². The van der Waals surface area contributed by atoms with Crippen molar-refractivity contribution in [2.45, 2.75) is 57.3 Å². The lowest BCUT2D eigenvalue weighted by Gasteiger charge is -2.32. The summed E-state index contributed by atoms with van der Waals surface area (Å²) in [5.74, 6) is 0.612. The van der Waals surface area contributed by atoms with Crippen molar-refractivity contribution in [1.82, 2.24) is 9.88 Å². The standard InChI is InChI=1S/C23H27N3O4/c1-22(2,3)30-21(28)26(14-18(27)16-5-4-10-25-13-16)20-12-23(20)9-8-15-11-17(24)6-7-19(15)29-23/h4-7,10-11,13,20H,8-9,12,14,24H2,1-3H3/t20-,23-/m1/s1. The Labute approximate surface area is 176 Å². The van der Waals surface area contributed by atoms with E-state index in [9.17, 15) is 9.59 Å². The fourth-order valence-electron chi connectivity index (χ4n) is 3.95. The van der Waals surface area contributed by atoms with E-state index in [-0.39, 0.29) is 18.4 Å². The lowest BCUT2D eigenvalue weighted by molar-refractivity contribution is 0.0150. The van der Waals surface area contributed by atoms with Crippen LogP contribution in [0.25, 0.3) is 0 Å². The number of hydrogen-bond acceptors (Lipinski definition) is 6. The summed E-state index contributed by atoms with van der Waals surface area (Å²) in [4.78, 5) is 31.3. The van der Waals surface area contributed by atoms with Crippen LogP contribution in [0, 0.1) is 0 Å². The van der Waals surface area contributed by atoms with Gasteiger partial charge in [0.15, 0.2) is 5.78 Å². The van der Waals surface area contributed by atoms with Gasteiger partial charge in [0, 0.05) is 30.1 Å². The number of nitrogens with zero attached hydrogens (tertiary/aromatic N) is 2. The average molecular weight is 409 g/mol. The molecule has 2 N–H and O–H groups in total. The number of ether oxygens (including phenoxy) is 2.